The number of rotatable bonds is 3. The molecule has 0 unspecified atom stereocenters. The average molecular weight is 287 g/mol. The Labute approximate surface area is 126 Å². The minimum Gasteiger partial charge on any atom is -0.350 e. The second kappa shape index (κ2) is 6.56. The molecular weight excluding hydrogens is 262 g/mol. The van der Waals surface area contributed by atoms with Gasteiger partial charge in [0.25, 0.3) is 0 Å². The van der Waals surface area contributed by atoms with Crippen LogP contribution < -0.4 is 11.1 Å². The third-order valence-electron chi connectivity index (χ3n) is 4.84. The molecule has 0 spiro atoms. The highest BCUT2D eigenvalue weighted by Crippen LogP contribution is 2.23. The summed E-state index contributed by atoms with van der Waals surface area (Å²) in [6, 6.07) is 4.25. The zero-order valence-corrected chi connectivity index (χ0v) is 12.6. The van der Waals surface area contributed by atoms with E-state index in [4.69, 9.17) is 10.7 Å². The van der Waals surface area contributed by atoms with Gasteiger partial charge < -0.3 is 11.1 Å². The van der Waals surface area contributed by atoms with Gasteiger partial charge in [-0.3, -0.25) is 9.78 Å². The lowest BCUT2D eigenvalue weighted by Crippen LogP contribution is -2.43. The van der Waals surface area contributed by atoms with Crippen molar-refractivity contribution in [2.45, 2.75) is 64.0 Å². The van der Waals surface area contributed by atoms with Gasteiger partial charge in [-0.1, -0.05) is 18.9 Å². The number of fused-ring (bicyclic) bond motifs is 1. The first kappa shape index (κ1) is 14.5. The summed E-state index contributed by atoms with van der Waals surface area (Å²) in [4.78, 5) is 17.0. The molecule has 1 aromatic rings. The minimum atomic E-state index is -0.0172. The first-order valence-electron chi connectivity index (χ1n) is 8.25. The fourth-order valence-corrected chi connectivity index (χ4v) is 3.52. The van der Waals surface area contributed by atoms with E-state index in [1.165, 1.54) is 24.1 Å². The number of aromatic nitrogens is 1. The maximum Gasteiger partial charge on any atom is 0.224 e. The Hall–Kier alpha value is -1.42. The molecule has 3 N–H and O–H groups in total. The van der Waals surface area contributed by atoms with Gasteiger partial charge in [0.15, 0.2) is 0 Å². The number of nitrogens with two attached hydrogens (primary N) is 1. The van der Waals surface area contributed by atoms with Crippen LogP contribution >= 0.6 is 0 Å². The number of pyridine rings is 1. The summed E-state index contributed by atoms with van der Waals surface area (Å²) in [5, 5.41) is 3.02. The van der Waals surface area contributed by atoms with Gasteiger partial charge >= 0.3 is 0 Å². The number of hydrogen-bond donors (Lipinski definition) is 2. The standard InChI is InChI=1S/C17H25N3O/c18-15-7-3-2-6-14(15)17(21)19-11-13-10-9-12-5-1-4-8-16(12)20-13/h9-10,14-15H,1-8,11,18H2,(H,19,21)/t14-,15+/m1/s1. The third kappa shape index (κ3) is 3.43. The number of nitrogens with zero attached hydrogens (tertiary/aromatic N) is 1. The highest BCUT2D eigenvalue weighted by Gasteiger charge is 2.27. The Kier molecular flexibility index (Phi) is 4.54. The summed E-state index contributed by atoms with van der Waals surface area (Å²) < 4.78 is 0. The Bertz CT molecular complexity index is 515. The summed E-state index contributed by atoms with van der Waals surface area (Å²) in [6.07, 6.45) is 8.87. The van der Waals surface area contributed by atoms with Gasteiger partial charge in [-0.2, -0.15) is 0 Å². The molecule has 2 atom stereocenters. The molecule has 4 nitrogen and oxygen atoms in total. The lowest BCUT2D eigenvalue weighted by Gasteiger charge is -2.27. The number of amides is 1. The molecule has 0 aromatic carbocycles. The molecule has 4 heteroatoms. The first-order valence-corrected chi connectivity index (χ1v) is 8.25. The van der Waals surface area contributed by atoms with Crippen LogP contribution in [0.2, 0.25) is 0 Å². The average Bonchev–Trinajstić information content (AvgIpc) is 2.53. The molecule has 1 aromatic heterocycles. The molecule has 3 rings (SSSR count). The Balaban J connectivity index is 1.58. The smallest absolute Gasteiger partial charge is 0.224 e. The highest BCUT2D eigenvalue weighted by atomic mass is 16.1. The molecule has 0 saturated heterocycles. The minimum absolute atomic E-state index is 0.0172. The van der Waals surface area contributed by atoms with Gasteiger partial charge in [-0.15, -0.1) is 0 Å². The number of aryl methyl sites for hydroxylation is 2. The molecule has 2 aliphatic rings. The summed E-state index contributed by atoms with van der Waals surface area (Å²) >= 11 is 0. The van der Waals surface area contributed by atoms with Crippen LogP contribution in [0.4, 0.5) is 0 Å². The lowest BCUT2D eigenvalue weighted by molar-refractivity contribution is -0.126. The zero-order chi connectivity index (χ0) is 14.7. The van der Waals surface area contributed by atoms with Crippen LogP contribution in [0.25, 0.3) is 0 Å². The van der Waals surface area contributed by atoms with Crippen LogP contribution in [0, 0.1) is 5.92 Å². The second-order valence-electron chi connectivity index (χ2n) is 6.39. The van der Waals surface area contributed by atoms with E-state index in [0.717, 1.165) is 44.2 Å². The molecule has 1 amide bonds. The van der Waals surface area contributed by atoms with Gasteiger partial charge in [-0.25, -0.2) is 0 Å². The SMILES string of the molecule is N[C@H]1CCCC[C@H]1C(=O)NCc1ccc2c(n1)CCCC2. The normalized spacial score (nSPS) is 25.2. The maximum atomic E-state index is 12.3. The fourth-order valence-electron chi connectivity index (χ4n) is 3.52. The number of carbonyl (C=O) groups is 1. The summed E-state index contributed by atoms with van der Waals surface area (Å²) in [5.41, 5.74) is 9.63. The predicted molar refractivity (Wildman–Crippen MR) is 82.7 cm³/mol. The number of carbonyl (C=O) groups excluding carboxylic acids is 1. The molecule has 0 aliphatic heterocycles. The number of hydrogen-bond acceptors (Lipinski definition) is 3. The van der Waals surface area contributed by atoms with Gasteiger partial charge in [0.05, 0.1) is 18.2 Å². The Morgan fingerprint density at radius 3 is 2.86 bits per heavy atom. The van der Waals surface area contributed by atoms with E-state index in [-0.39, 0.29) is 17.9 Å². The van der Waals surface area contributed by atoms with E-state index >= 15 is 0 Å². The molecule has 21 heavy (non-hydrogen) atoms. The molecule has 2 aliphatic carbocycles. The van der Waals surface area contributed by atoms with Crippen LogP contribution in [0.3, 0.4) is 0 Å². The van der Waals surface area contributed by atoms with E-state index in [1.54, 1.807) is 0 Å². The topological polar surface area (TPSA) is 68.0 Å². The molecule has 0 radical (unpaired) electrons. The van der Waals surface area contributed by atoms with Crippen molar-refractivity contribution in [1.82, 2.24) is 10.3 Å². The summed E-state index contributed by atoms with van der Waals surface area (Å²) in [6.45, 7) is 0.523. The van der Waals surface area contributed by atoms with Crippen molar-refractivity contribution in [2.24, 2.45) is 11.7 Å². The van der Waals surface area contributed by atoms with E-state index < -0.39 is 0 Å². The second-order valence-corrected chi connectivity index (χ2v) is 6.39. The monoisotopic (exact) mass is 287 g/mol. The van der Waals surface area contributed by atoms with Gasteiger partial charge in [0.2, 0.25) is 5.91 Å². The van der Waals surface area contributed by atoms with Crippen LogP contribution in [0.1, 0.15) is 55.5 Å². The molecular formula is C17H25N3O. The highest BCUT2D eigenvalue weighted by molar-refractivity contribution is 5.79. The van der Waals surface area contributed by atoms with E-state index in [9.17, 15) is 4.79 Å². The van der Waals surface area contributed by atoms with E-state index in [0.29, 0.717) is 6.54 Å². The Morgan fingerprint density at radius 1 is 1.19 bits per heavy atom. The van der Waals surface area contributed by atoms with Crippen LogP contribution in [-0.4, -0.2) is 16.9 Å². The largest absolute Gasteiger partial charge is 0.350 e. The number of nitrogens with one attached hydrogen (secondary N) is 1. The van der Waals surface area contributed by atoms with Crippen molar-refractivity contribution in [3.63, 3.8) is 0 Å². The predicted octanol–water partition coefficient (Wildman–Crippen LogP) is 2.09. The van der Waals surface area contributed by atoms with E-state index in [1.807, 2.05) is 6.07 Å². The molecule has 114 valence electrons. The first-order chi connectivity index (χ1) is 10.2. The Morgan fingerprint density at radius 2 is 2.00 bits per heavy atom. The van der Waals surface area contributed by atoms with Crippen LogP contribution in [0.5, 0.6) is 0 Å². The summed E-state index contributed by atoms with van der Waals surface area (Å²) in [5.74, 6) is 0.0816. The quantitative estimate of drug-likeness (QED) is 0.894. The van der Waals surface area contributed by atoms with Crippen molar-refractivity contribution in [2.75, 3.05) is 0 Å². The van der Waals surface area contributed by atoms with Crippen molar-refractivity contribution < 1.29 is 4.79 Å². The lowest BCUT2D eigenvalue weighted by atomic mass is 9.84. The zero-order valence-electron chi connectivity index (χ0n) is 12.6. The van der Waals surface area contributed by atoms with Gasteiger partial charge in [0, 0.05) is 11.7 Å². The van der Waals surface area contributed by atoms with E-state index in [2.05, 4.69) is 11.4 Å². The van der Waals surface area contributed by atoms with Crippen molar-refractivity contribution in [1.29, 1.82) is 0 Å². The van der Waals surface area contributed by atoms with Gasteiger partial charge in [-0.05, 0) is 50.2 Å². The van der Waals surface area contributed by atoms with Crippen LogP contribution in [-0.2, 0) is 24.2 Å². The van der Waals surface area contributed by atoms with Gasteiger partial charge in [0.1, 0.15) is 0 Å². The molecule has 0 bridgehead atoms. The van der Waals surface area contributed by atoms with Crippen molar-refractivity contribution in [3.05, 3.63) is 29.1 Å². The molecule has 1 heterocycles. The third-order valence-corrected chi connectivity index (χ3v) is 4.84. The molecule has 1 saturated carbocycles. The van der Waals surface area contributed by atoms with Crippen molar-refractivity contribution in [3.8, 4) is 0 Å². The van der Waals surface area contributed by atoms with Crippen molar-refractivity contribution >= 4 is 5.91 Å². The fraction of sp³-hybridized carbons (Fsp3) is 0.647. The van der Waals surface area contributed by atoms with Crippen LogP contribution in [0.15, 0.2) is 12.1 Å². The maximum absolute atomic E-state index is 12.3. The summed E-state index contributed by atoms with van der Waals surface area (Å²) in [7, 11) is 0. The molecule has 1 fully saturated rings.